The lowest BCUT2D eigenvalue weighted by Gasteiger charge is -2.03. The van der Waals surface area contributed by atoms with Crippen LogP contribution in [-0.4, -0.2) is 12.7 Å². The van der Waals surface area contributed by atoms with Crippen LogP contribution in [-0.2, 0) is 0 Å². The molecule has 1 aliphatic rings. The Morgan fingerprint density at radius 3 is 2.69 bits per heavy atom. The first-order valence-corrected chi connectivity index (χ1v) is 4.72. The Kier molecular flexibility index (Phi) is 2.32. The van der Waals surface area contributed by atoms with Crippen LogP contribution in [0.4, 0.5) is 4.39 Å². The van der Waals surface area contributed by atoms with E-state index in [1.807, 2.05) is 18.2 Å². The predicted molar refractivity (Wildman–Crippen MR) is 51.2 cm³/mol. The zero-order valence-electron chi connectivity index (χ0n) is 7.49. The van der Waals surface area contributed by atoms with Crippen molar-refractivity contribution in [2.45, 2.75) is 18.5 Å². The highest BCUT2D eigenvalue weighted by molar-refractivity contribution is 5.26. The van der Waals surface area contributed by atoms with Gasteiger partial charge in [-0.15, -0.1) is 0 Å². The van der Waals surface area contributed by atoms with Gasteiger partial charge in [0.05, 0.1) is 0 Å². The minimum absolute atomic E-state index is 0.161. The Bertz CT molecular complexity index is 273. The molecule has 0 spiro atoms. The van der Waals surface area contributed by atoms with Gasteiger partial charge < -0.3 is 5.73 Å². The van der Waals surface area contributed by atoms with Crippen LogP contribution in [0.3, 0.4) is 0 Å². The maximum atomic E-state index is 13.1. The molecule has 2 heteroatoms. The van der Waals surface area contributed by atoms with Crippen molar-refractivity contribution in [3.63, 3.8) is 0 Å². The van der Waals surface area contributed by atoms with E-state index in [-0.39, 0.29) is 12.5 Å². The van der Waals surface area contributed by atoms with Gasteiger partial charge in [0.1, 0.15) is 6.17 Å². The zero-order chi connectivity index (χ0) is 9.26. The van der Waals surface area contributed by atoms with Crippen molar-refractivity contribution in [2.75, 3.05) is 6.54 Å². The lowest BCUT2D eigenvalue weighted by Crippen LogP contribution is -2.17. The fourth-order valence-electron chi connectivity index (χ4n) is 1.87. The highest BCUT2D eigenvalue weighted by atomic mass is 19.1. The molecular weight excluding hydrogens is 165 g/mol. The monoisotopic (exact) mass is 179 g/mol. The van der Waals surface area contributed by atoms with E-state index in [2.05, 4.69) is 12.1 Å². The first-order chi connectivity index (χ1) is 6.33. The third kappa shape index (κ3) is 1.73. The van der Waals surface area contributed by atoms with Gasteiger partial charge in [-0.1, -0.05) is 30.3 Å². The molecule has 13 heavy (non-hydrogen) atoms. The molecule has 2 rings (SSSR count). The van der Waals surface area contributed by atoms with Gasteiger partial charge in [0.2, 0.25) is 0 Å². The van der Waals surface area contributed by atoms with Crippen LogP contribution in [0.1, 0.15) is 17.9 Å². The normalized spacial score (nSPS) is 28.5. The summed E-state index contributed by atoms with van der Waals surface area (Å²) in [5.41, 5.74) is 6.53. The van der Waals surface area contributed by atoms with Crippen molar-refractivity contribution >= 4 is 0 Å². The van der Waals surface area contributed by atoms with Crippen molar-refractivity contribution in [1.29, 1.82) is 0 Å². The van der Waals surface area contributed by atoms with Crippen molar-refractivity contribution in [2.24, 2.45) is 11.7 Å². The summed E-state index contributed by atoms with van der Waals surface area (Å²) >= 11 is 0. The second kappa shape index (κ2) is 3.46. The Labute approximate surface area is 77.8 Å². The van der Waals surface area contributed by atoms with Crippen LogP contribution in [0.5, 0.6) is 0 Å². The number of rotatable bonds is 3. The quantitative estimate of drug-likeness (QED) is 0.755. The van der Waals surface area contributed by atoms with E-state index in [9.17, 15) is 4.39 Å². The van der Waals surface area contributed by atoms with Gasteiger partial charge in [-0.2, -0.15) is 0 Å². The first-order valence-electron chi connectivity index (χ1n) is 4.72. The zero-order valence-corrected chi connectivity index (χ0v) is 7.49. The summed E-state index contributed by atoms with van der Waals surface area (Å²) in [6.45, 7) is 0.161. The number of nitrogens with two attached hydrogens (primary N) is 1. The molecular formula is C11H14FN. The lowest BCUT2D eigenvalue weighted by atomic mass is 10.1. The highest BCUT2D eigenvalue weighted by Gasteiger charge is 2.43. The molecule has 0 radical (unpaired) electrons. The Morgan fingerprint density at radius 1 is 1.38 bits per heavy atom. The van der Waals surface area contributed by atoms with Gasteiger partial charge in [-0.05, 0) is 23.8 Å². The lowest BCUT2D eigenvalue weighted by molar-refractivity contribution is 0.301. The van der Waals surface area contributed by atoms with E-state index in [0.717, 1.165) is 6.42 Å². The molecule has 0 saturated heterocycles. The molecule has 0 aromatic heterocycles. The maximum Gasteiger partial charge on any atom is 0.116 e. The number of hydrogen-bond acceptors (Lipinski definition) is 1. The smallest absolute Gasteiger partial charge is 0.116 e. The minimum Gasteiger partial charge on any atom is -0.328 e. The van der Waals surface area contributed by atoms with E-state index in [0.29, 0.717) is 5.92 Å². The first kappa shape index (κ1) is 8.70. The minimum atomic E-state index is -0.815. The van der Waals surface area contributed by atoms with Crippen LogP contribution in [0.25, 0.3) is 0 Å². The molecule has 0 amide bonds. The van der Waals surface area contributed by atoms with E-state index in [1.165, 1.54) is 5.56 Å². The Hall–Kier alpha value is -0.890. The summed E-state index contributed by atoms with van der Waals surface area (Å²) in [5.74, 6) is 0.590. The second-order valence-electron chi connectivity index (χ2n) is 3.67. The van der Waals surface area contributed by atoms with Crippen molar-refractivity contribution in [3.8, 4) is 0 Å². The standard InChI is InChI=1S/C11H14FN/c12-11(7-13)10-6-9(10)8-4-2-1-3-5-8/h1-5,9-11H,6-7,13H2. The molecule has 1 aromatic carbocycles. The van der Waals surface area contributed by atoms with E-state index >= 15 is 0 Å². The molecule has 0 bridgehead atoms. The number of benzene rings is 1. The molecule has 1 aliphatic carbocycles. The third-order valence-corrected chi connectivity index (χ3v) is 2.76. The highest BCUT2D eigenvalue weighted by Crippen LogP contribution is 2.50. The van der Waals surface area contributed by atoms with Gasteiger partial charge in [-0.3, -0.25) is 0 Å². The summed E-state index contributed by atoms with van der Waals surface area (Å²) in [6.07, 6.45) is 0.146. The molecule has 1 nitrogen and oxygen atoms in total. The van der Waals surface area contributed by atoms with Crippen molar-refractivity contribution in [3.05, 3.63) is 35.9 Å². The number of alkyl halides is 1. The SMILES string of the molecule is NCC(F)C1CC1c1ccccc1. The summed E-state index contributed by atoms with van der Waals surface area (Å²) in [4.78, 5) is 0. The molecule has 1 aromatic rings. The topological polar surface area (TPSA) is 26.0 Å². The molecule has 1 saturated carbocycles. The fourth-order valence-corrected chi connectivity index (χ4v) is 1.87. The summed E-state index contributed by atoms with van der Waals surface area (Å²) in [6, 6.07) is 10.1. The average Bonchev–Trinajstić information content (AvgIpc) is 2.98. The molecule has 3 unspecified atom stereocenters. The van der Waals surface area contributed by atoms with Crippen LogP contribution in [0.15, 0.2) is 30.3 Å². The molecule has 0 aliphatic heterocycles. The molecule has 3 atom stereocenters. The maximum absolute atomic E-state index is 13.1. The van der Waals surface area contributed by atoms with Crippen LogP contribution < -0.4 is 5.73 Å². The van der Waals surface area contributed by atoms with E-state index < -0.39 is 6.17 Å². The number of halogens is 1. The largest absolute Gasteiger partial charge is 0.328 e. The molecule has 1 fully saturated rings. The molecule has 0 heterocycles. The van der Waals surface area contributed by atoms with Crippen molar-refractivity contribution < 1.29 is 4.39 Å². The van der Waals surface area contributed by atoms with Gasteiger partial charge in [0, 0.05) is 6.54 Å². The van der Waals surface area contributed by atoms with Crippen molar-refractivity contribution in [1.82, 2.24) is 0 Å². The van der Waals surface area contributed by atoms with Gasteiger partial charge in [-0.25, -0.2) is 4.39 Å². The van der Waals surface area contributed by atoms with E-state index in [1.54, 1.807) is 0 Å². The molecule has 70 valence electrons. The predicted octanol–water partition coefficient (Wildman–Crippen LogP) is 2.09. The number of hydrogen-bond donors (Lipinski definition) is 1. The average molecular weight is 179 g/mol. The van der Waals surface area contributed by atoms with Crippen LogP contribution in [0.2, 0.25) is 0 Å². The second-order valence-corrected chi connectivity index (χ2v) is 3.67. The fraction of sp³-hybridized carbons (Fsp3) is 0.455. The van der Waals surface area contributed by atoms with E-state index in [4.69, 9.17) is 5.73 Å². The summed E-state index contributed by atoms with van der Waals surface area (Å²) < 4.78 is 13.1. The Morgan fingerprint density at radius 2 is 2.08 bits per heavy atom. The van der Waals surface area contributed by atoms with Gasteiger partial charge >= 0.3 is 0 Å². The third-order valence-electron chi connectivity index (χ3n) is 2.76. The Balaban J connectivity index is 2.00. The van der Waals surface area contributed by atoms with Crippen LogP contribution in [0, 0.1) is 5.92 Å². The molecule has 2 N–H and O–H groups in total. The van der Waals surface area contributed by atoms with Crippen LogP contribution >= 0.6 is 0 Å². The summed E-state index contributed by atoms with van der Waals surface area (Å²) in [7, 11) is 0. The van der Waals surface area contributed by atoms with Gasteiger partial charge in [0.25, 0.3) is 0 Å². The summed E-state index contributed by atoms with van der Waals surface area (Å²) in [5, 5.41) is 0. The van der Waals surface area contributed by atoms with Gasteiger partial charge in [0.15, 0.2) is 0 Å².